The molecule has 3 rings (SSSR count). The second kappa shape index (κ2) is 7.70. The summed E-state index contributed by atoms with van der Waals surface area (Å²) in [6, 6.07) is 5.33. The van der Waals surface area contributed by atoms with Crippen LogP contribution in [-0.4, -0.2) is 28.8 Å². The maximum atomic E-state index is 12.4. The standard InChI is InChI=1S/C17H17Br2N3O3/c1-25-17(24)15-13(21-22-5-3-2-4-14(15)22)9-20-16(23)10-6-11(18)8-12(19)7-10/h6-8H,2-5,9H2,1H3,(H,20,23). The Morgan fingerprint density at radius 3 is 2.64 bits per heavy atom. The highest BCUT2D eigenvalue weighted by Gasteiger charge is 2.26. The predicted molar refractivity (Wildman–Crippen MR) is 99.5 cm³/mol. The molecular formula is C17H17Br2N3O3. The van der Waals surface area contributed by atoms with E-state index in [1.165, 1.54) is 7.11 Å². The maximum absolute atomic E-state index is 12.4. The summed E-state index contributed by atoms with van der Waals surface area (Å²) < 4.78 is 8.37. The van der Waals surface area contributed by atoms with Crippen LogP contribution >= 0.6 is 31.9 Å². The summed E-state index contributed by atoms with van der Waals surface area (Å²) in [5.74, 6) is -0.638. The Balaban J connectivity index is 1.82. The Labute approximate surface area is 162 Å². The van der Waals surface area contributed by atoms with Gasteiger partial charge in [-0.3, -0.25) is 9.48 Å². The van der Waals surface area contributed by atoms with E-state index in [0.717, 1.165) is 40.4 Å². The van der Waals surface area contributed by atoms with Crippen LogP contribution in [0, 0.1) is 0 Å². The van der Waals surface area contributed by atoms with E-state index in [9.17, 15) is 9.59 Å². The minimum absolute atomic E-state index is 0.174. The van der Waals surface area contributed by atoms with Crippen LogP contribution in [-0.2, 0) is 24.2 Å². The van der Waals surface area contributed by atoms with E-state index in [1.54, 1.807) is 12.1 Å². The van der Waals surface area contributed by atoms with Crippen LogP contribution in [0.4, 0.5) is 0 Å². The highest BCUT2D eigenvalue weighted by Crippen LogP contribution is 2.23. The van der Waals surface area contributed by atoms with Crippen molar-refractivity contribution in [2.75, 3.05) is 7.11 Å². The highest BCUT2D eigenvalue weighted by molar-refractivity contribution is 9.11. The van der Waals surface area contributed by atoms with Crippen LogP contribution in [0.5, 0.6) is 0 Å². The van der Waals surface area contributed by atoms with Crippen molar-refractivity contribution >= 4 is 43.7 Å². The summed E-state index contributed by atoms with van der Waals surface area (Å²) >= 11 is 6.74. The topological polar surface area (TPSA) is 73.2 Å². The number of carbonyl (C=O) groups is 2. The Morgan fingerprint density at radius 2 is 1.96 bits per heavy atom. The number of ether oxygens (including phenoxy) is 1. The van der Waals surface area contributed by atoms with E-state index >= 15 is 0 Å². The molecule has 0 aliphatic carbocycles. The Hall–Kier alpha value is -1.67. The first-order valence-electron chi connectivity index (χ1n) is 7.90. The van der Waals surface area contributed by atoms with E-state index in [4.69, 9.17) is 4.74 Å². The van der Waals surface area contributed by atoms with Gasteiger partial charge in [0.2, 0.25) is 0 Å². The lowest BCUT2D eigenvalue weighted by atomic mass is 10.0. The molecule has 8 heteroatoms. The van der Waals surface area contributed by atoms with E-state index < -0.39 is 5.97 Å². The molecule has 1 aliphatic heterocycles. The predicted octanol–water partition coefficient (Wildman–Crippen LogP) is 3.46. The number of amides is 1. The monoisotopic (exact) mass is 469 g/mol. The number of halogens is 2. The number of fused-ring (bicyclic) bond motifs is 1. The Kier molecular flexibility index (Phi) is 5.58. The van der Waals surface area contributed by atoms with Gasteiger partial charge in [-0.2, -0.15) is 5.10 Å². The van der Waals surface area contributed by atoms with Crippen molar-refractivity contribution in [1.29, 1.82) is 0 Å². The maximum Gasteiger partial charge on any atom is 0.341 e. The van der Waals surface area contributed by atoms with Crippen molar-refractivity contribution in [1.82, 2.24) is 15.1 Å². The summed E-state index contributed by atoms with van der Waals surface area (Å²) in [7, 11) is 1.36. The minimum atomic E-state index is -0.405. The molecule has 0 unspecified atom stereocenters. The third-order valence-electron chi connectivity index (χ3n) is 4.09. The largest absolute Gasteiger partial charge is 0.465 e. The van der Waals surface area contributed by atoms with E-state index in [0.29, 0.717) is 16.8 Å². The average molecular weight is 471 g/mol. The molecule has 0 bridgehead atoms. The van der Waals surface area contributed by atoms with Gasteiger partial charge in [-0.05, 0) is 37.5 Å². The van der Waals surface area contributed by atoms with Crippen molar-refractivity contribution in [3.05, 3.63) is 49.7 Å². The molecule has 1 amide bonds. The molecule has 6 nitrogen and oxygen atoms in total. The summed E-state index contributed by atoms with van der Waals surface area (Å²) in [6.45, 7) is 0.958. The zero-order valence-electron chi connectivity index (χ0n) is 13.6. The van der Waals surface area contributed by atoms with E-state index in [2.05, 4.69) is 42.3 Å². The number of benzene rings is 1. The Bertz CT molecular complexity index is 813. The number of hydrogen-bond donors (Lipinski definition) is 1. The SMILES string of the molecule is COC(=O)c1c(CNC(=O)c2cc(Br)cc(Br)c2)nn2c1CCCC2. The summed E-state index contributed by atoms with van der Waals surface area (Å²) in [6.07, 6.45) is 2.85. The van der Waals surface area contributed by atoms with Gasteiger partial charge in [-0.1, -0.05) is 31.9 Å². The number of aromatic nitrogens is 2. The van der Waals surface area contributed by atoms with Gasteiger partial charge in [0, 0.05) is 21.1 Å². The lowest BCUT2D eigenvalue weighted by Crippen LogP contribution is -2.24. The molecular weight excluding hydrogens is 454 g/mol. The number of carbonyl (C=O) groups excluding carboxylic acids is 2. The second-order valence-corrected chi connectivity index (χ2v) is 7.61. The fraction of sp³-hybridized carbons (Fsp3) is 0.353. The number of esters is 1. The normalized spacial score (nSPS) is 13.2. The third kappa shape index (κ3) is 3.95. The van der Waals surface area contributed by atoms with Gasteiger partial charge in [0.25, 0.3) is 5.91 Å². The van der Waals surface area contributed by atoms with Crippen molar-refractivity contribution in [3.63, 3.8) is 0 Å². The molecule has 2 heterocycles. The first-order valence-corrected chi connectivity index (χ1v) is 9.49. The molecule has 132 valence electrons. The third-order valence-corrected chi connectivity index (χ3v) is 5.01. The number of nitrogens with one attached hydrogen (secondary N) is 1. The smallest absolute Gasteiger partial charge is 0.341 e. The first kappa shape index (κ1) is 18.1. The van der Waals surface area contributed by atoms with E-state index in [1.807, 2.05) is 10.7 Å². The van der Waals surface area contributed by atoms with Gasteiger partial charge in [0.15, 0.2) is 0 Å². The molecule has 0 saturated heterocycles. The van der Waals surface area contributed by atoms with Gasteiger partial charge < -0.3 is 10.1 Å². The van der Waals surface area contributed by atoms with Crippen LogP contribution in [0.1, 0.15) is 44.9 Å². The first-order chi connectivity index (χ1) is 12.0. The molecule has 1 aromatic heterocycles. The quantitative estimate of drug-likeness (QED) is 0.694. The molecule has 1 aromatic carbocycles. The van der Waals surface area contributed by atoms with Gasteiger partial charge in [0.1, 0.15) is 5.56 Å². The minimum Gasteiger partial charge on any atom is -0.465 e. The van der Waals surface area contributed by atoms with Crippen LogP contribution in [0.15, 0.2) is 27.1 Å². The molecule has 0 fully saturated rings. The van der Waals surface area contributed by atoms with Crippen molar-refractivity contribution in [2.45, 2.75) is 32.4 Å². The second-order valence-electron chi connectivity index (χ2n) is 5.78. The number of nitrogens with zero attached hydrogens (tertiary/aromatic N) is 2. The molecule has 1 N–H and O–H groups in total. The van der Waals surface area contributed by atoms with Crippen LogP contribution in [0.25, 0.3) is 0 Å². The summed E-state index contributed by atoms with van der Waals surface area (Å²) in [4.78, 5) is 24.6. The van der Waals surface area contributed by atoms with Crippen LogP contribution in [0.3, 0.4) is 0 Å². The zero-order valence-corrected chi connectivity index (χ0v) is 16.8. The number of aryl methyl sites for hydroxylation is 1. The molecule has 0 radical (unpaired) electrons. The lowest BCUT2D eigenvalue weighted by molar-refractivity contribution is 0.0597. The fourth-order valence-corrected chi connectivity index (χ4v) is 4.25. The molecule has 2 aromatic rings. The number of hydrogen-bond acceptors (Lipinski definition) is 4. The number of methoxy groups -OCH3 is 1. The summed E-state index contributed by atoms with van der Waals surface area (Å²) in [5, 5.41) is 7.34. The molecule has 0 spiro atoms. The summed E-state index contributed by atoms with van der Waals surface area (Å²) in [5.41, 5.74) is 2.45. The molecule has 1 aliphatic rings. The zero-order chi connectivity index (χ0) is 18.0. The molecule has 0 saturated carbocycles. The fourth-order valence-electron chi connectivity index (χ4n) is 2.96. The highest BCUT2D eigenvalue weighted by atomic mass is 79.9. The van der Waals surface area contributed by atoms with Gasteiger partial charge in [-0.25, -0.2) is 4.79 Å². The van der Waals surface area contributed by atoms with Crippen LogP contribution < -0.4 is 5.32 Å². The lowest BCUT2D eigenvalue weighted by Gasteiger charge is -2.13. The van der Waals surface area contributed by atoms with E-state index in [-0.39, 0.29) is 12.5 Å². The van der Waals surface area contributed by atoms with Crippen molar-refractivity contribution in [2.24, 2.45) is 0 Å². The van der Waals surface area contributed by atoms with Crippen LogP contribution in [0.2, 0.25) is 0 Å². The number of rotatable bonds is 4. The molecule has 25 heavy (non-hydrogen) atoms. The van der Waals surface area contributed by atoms with Gasteiger partial charge in [-0.15, -0.1) is 0 Å². The van der Waals surface area contributed by atoms with Crippen molar-refractivity contribution in [3.8, 4) is 0 Å². The van der Waals surface area contributed by atoms with Gasteiger partial charge >= 0.3 is 5.97 Å². The average Bonchev–Trinajstić information content (AvgIpc) is 2.96. The Morgan fingerprint density at radius 1 is 1.24 bits per heavy atom. The van der Waals surface area contributed by atoms with Crippen molar-refractivity contribution < 1.29 is 14.3 Å². The molecule has 0 atom stereocenters. The van der Waals surface area contributed by atoms with Gasteiger partial charge in [0.05, 0.1) is 25.0 Å².